The van der Waals surface area contributed by atoms with E-state index in [0.717, 1.165) is 15.2 Å². The van der Waals surface area contributed by atoms with Crippen LogP contribution in [0.2, 0.25) is 0 Å². The van der Waals surface area contributed by atoms with E-state index in [4.69, 9.17) is 4.74 Å². The van der Waals surface area contributed by atoms with Gasteiger partial charge in [0.05, 0.1) is 23.9 Å². The van der Waals surface area contributed by atoms with Gasteiger partial charge in [-0.2, -0.15) is 0 Å². The molecule has 1 N–H and O–H groups in total. The van der Waals surface area contributed by atoms with Gasteiger partial charge in [0, 0.05) is 21.1 Å². The Balaban J connectivity index is 1.94. The number of phenols is 1. The standard InChI is InChI=1S/C24H18BrNO4/c1-14-22(24(29)30-2)19(13-16-12-17(25)10-11-21(16)27)23(28)26(14)20-9-5-7-15-6-3-4-8-18(15)20/h3-13,27H,1-2H3/b19-13-. The van der Waals surface area contributed by atoms with E-state index in [-0.39, 0.29) is 22.8 Å². The third-order valence-corrected chi connectivity index (χ3v) is 5.58. The van der Waals surface area contributed by atoms with Crippen molar-refractivity contribution >= 4 is 50.3 Å². The molecule has 0 aliphatic carbocycles. The number of carbonyl (C=O) groups excluding carboxylic acids is 2. The second kappa shape index (κ2) is 7.80. The number of methoxy groups -OCH3 is 1. The fourth-order valence-corrected chi connectivity index (χ4v) is 4.05. The lowest BCUT2D eigenvalue weighted by Crippen LogP contribution is -2.24. The summed E-state index contributed by atoms with van der Waals surface area (Å²) in [6.45, 7) is 1.72. The third kappa shape index (κ3) is 3.29. The zero-order valence-electron chi connectivity index (χ0n) is 16.3. The number of halogens is 1. The molecule has 4 rings (SSSR count). The predicted octanol–water partition coefficient (Wildman–Crippen LogP) is 5.19. The van der Waals surface area contributed by atoms with Crippen molar-refractivity contribution in [2.24, 2.45) is 0 Å². The van der Waals surface area contributed by atoms with Gasteiger partial charge in [-0.25, -0.2) is 4.79 Å². The molecule has 150 valence electrons. The topological polar surface area (TPSA) is 66.8 Å². The highest BCUT2D eigenvalue weighted by molar-refractivity contribution is 9.10. The Labute approximate surface area is 182 Å². The van der Waals surface area contributed by atoms with Crippen LogP contribution < -0.4 is 4.90 Å². The highest BCUT2D eigenvalue weighted by Crippen LogP contribution is 2.39. The van der Waals surface area contributed by atoms with Gasteiger partial charge in [0.25, 0.3) is 5.91 Å². The summed E-state index contributed by atoms with van der Waals surface area (Å²) in [5.41, 5.74) is 1.92. The normalized spacial score (nSPS) is 15.4. The molecule has 0 bridgehead atoms. The zero-order valence-corrected chi connectivity index (χ0v) is 17.9. The minimum Gasteiger partial charge on any atom is -0.507 e. The molecule has 0 unspecified atom stereocenters. The first-order valence-corrected chi connectivity index (χ1v) is 10.0. The van der Waals surface area contributed by atoms with Gasteiger partial charge >= 0.3 is 5.97 Å². The zero-order chi connectivity index (χ0) is 21.4. The molecule has 1 heterocycles. The number of carbonyl (C=O) groups is 2. The van der Waals surface area contributed by atoms with Crippen LogP contribution in [-0.4, -0.2) is 24.1 Å². The van der Waals surface area contributed by atoms with Gasteiger partial charge in [-0.1, -0.05) is 52.3 Å². The van der Waals surface area contributed by atoms with E-state index in [1.807, 2.05) is 42.5 Å². The maximum absolute atomic E-state index is 13.5. The number of hydrogen-bond donors (Lipinski definition) is 1. The van der Waals surface area contributed by atoms with Crippen molar-refractivity contribution < 1.29 is 19.4 Å². The van der Waals surface area contributed by atoms with Crippen LogP contribution in [0.4, 0.5) is 5.69 Å². The van der Waals surface area contributed by atoms with E-state index in [1.165, 1.54) is 24.2 Å². The maximum Gasteiger partial charge on any atom is 0.340 e. The van der Waals surface area contributed by atoms with Crippen LogP contribution in [0.5, 0.6) is 5.75 Å². The van der Waals surface area contributed by atoms with Crippen LogP contribution in [-0.2, 0) is 14.3 Å². The van der Waals surface area contributed by atoms with Crippen molar-refractivity contribution in [2.75, 3.05) is 12.0 Å². The van der Waals surface area contributed by atoms with Crippen LogP contribution in [0.25, 0.3) is 16.8 Å². The molecule has 6 heteroatoms. The fraction of sp³-hybridized carbons (Fsp3) is 0.0833. The van der Waals surface area contributed by atoms with Gasteiger partial charge < -0.3 is 9.84 Å². The second-order valence-electron chi connectivity index (χ2n) is 6.85. The van der Waals surface area contributed by atoms with Gasteiger partial charge in [0.1, 0.15) is 5.75 Å². The van der Waals surface area contributed by atoms with Gasteiger partial charge in [-0.3, -0.25) is 9.69 Å². The molecule has 0 spiro atoms. The number of benzene rings is 3. The molecule has 0 saturated heterocycles. The molecule has 1 aliphatic rings. The molecule has 0 saturated carbocycles. The third-order valence-electron chi connectivity index (χ3n) is 5.09. The first-order chi connectivity index (χ1) is 14.4. The Morgan fingerprint density at radius 3 is 2.60 bits per heavy atom. The largest absolute Gasteiger partial charge is 0.507 e. The summed E-state index contributed by atoms with van der Waals surface area (Å²) in [6.07, 6.45) is 1.52. The minimum atomic E-state index is -0.607. The second-order valence-corrected chi connectivity index (χ2v) is 7.77. The lowest BCUT2D eigenvalue weighted by Gasteiger charge is -2.20. The van der Waals surface area contributed by atoms with Gasteiger partial charge in [0.15, 0.2) is 0 Å². The number of phenolic OH excluding ortho intramolecular Hbond substituents is 1. The molecule has 1 aliphatic heterocycles. The van der Waals surface area contributed by atoms with Gasteiger partial charge in [-0.05, 0) is 42.7 Å². The average molecular weight is 464 g/mol. The summed E-state index contributed by atoms with van der Waals surface area (Å²) in [5.74, 6) is -0.961. The molecule has 3 aromatic rings. The summed E-state index contributed by atoms with van der Waals surface area (Å²) < 4.78 is 5.70. The lowest BCUT2D eigenvalue weighted by molar-refractivity contribution is -0.136. The molecule has 30 heavy (non-hydrogen) atoms. The SMILES string of the molecule is COC(=O)C1=C(C)N(c2cccc3ccccc23)C(=O)/C1=C\c1cc(Br)ccc1O. The first-order valence-electron chi connectivity index (χ1n) is 9.24. The van der Waals surface area contributed by atoms with Gasteiger partial charge in [-0.15, -0.1) is 0 Å². The van der Waals surface area contributed by atoms with Crippen LogP contribution in [0.15, 0.2) is 82.0 Å². The number of esters is 1. The van der Waals surface area contributed by atoms with Crippen molar-refractivity contribution in [2.45, 2.75) is 6.92 Å². The van der Waals surface area contributed by atoms with E-state index in [2.05, 4.69) is 15.9 Å². The molecular weight excluding hydrogens is 446 g/mol. The number of allylic oxidation sites excluding steroid dienone is 1. The number of amides is 1. The minimum absolute atomic E-state index is 0.00368. The highest BCUT2D eigenvalue weighted by Gasteiger charge is 2.38. The number of rotatable bonds is 3. The lowest BCUT2D eigenvalue weighted by atomic mass is 10.0. The quantitative estimate of drug-likeness (QED) is 0.428. The fourth-order valence-electron chi connectivity index (χ4n) is 3.67. The molecule has 1 amide bonds. The molecule has 0 atom stereocenters. The Morgan fingerprint density at radius 1 is 1.10 bits per heavy atom. The summed E-state index contributed by atoms with van der Waals surface area (Å²) in [4.78, 5) is 27.6. The van der Waals surface area contributed by atoms with E-state index >= 15 is 0 Å². The van der Waals surface area contributed by atoms with Crippen molar-refractivity contribution in [3.05, 3.63) is 87.5 Å². The van der Waals surface area contributed by atoms with E-state index in [9.17, 15) is 14.7 Å². The Morgan fingerprint density at radius 2 is 1.83 bits per heavy atom. The summed E-state index contributed by atoms with van der Waals surface area (Å²) >= 11 is 3.37. The monoisotopic (exact) mass is 463 g/mol. The van der Waals surface area contributed by atoms with Crippen LogP contribution in [0.3, 0.4) is 0 Å². The smallest absolute Gasteiger partial charge is 0.340 e. The molecule has 3 aromatic carbocycles. The maximum atomic E-state index is 13.5. The molecular formula is C24H18BrNO4. The summed E-state index contributed by atoms with van der Waals surface area (Å²) in [6, 6.07) is 18.3. The number of fused-ring (bicyclic) bond motifs is 1. The Kier molecular flexibility index (Phi) is 5.18. The average Bonchev–Trinajstić information content (AvgIpc) is 2.99. The van der Waals surface area contributed by atoms with Crippen LogP contribution in [0.1, 0.15) is 12.5 Å². The predicted molar refractivity (Wildman–Crippen MR) is 120 cm³/mol. The van der Waals surface area contributed by atoms with E-state index in [1.54, 1.807) is 19.1 Å². The molecule has 5 nitrogen and oxygen atoms in total. The van der Waals surface area contributed by atoms with Gasteiger partial charge in [0.2, 0.25) is 0 Å². The molecule has 0 fully saturated rings. The van der Waals surface area contributed by atoms with Crippen molar-refractivity contribution in [1.82, 2.24) is 0 Å². The number of anilines is 1. The molecule has 0 aromatic heterocycles. The van der Waals surface area contributed by atoms with E-state index in [0.29, 0.717) is 16.9 Å². The molecule has 0 radical (unpaired) electrons. The first kappa shape index (κ1) is 19.9. The Bertz CT molecular complexity index is 1250. The van der Waals surface area contributed by atoms with E-state index < -0.39 is 5.97 Å². The Hall–Kier alpha value is -3.38. The number of aromatic hydroxyl groups is 1. The number of ether oxygens (including phenoxy) is 1. The van der Waals surface area contributed by atoms with Crippen molar-refractivity contribution in [1.29, 1.82) is 0 Å². The highest BCUT2D eigenvalue weighted by atomic mass is 79.9. The summed E-state index contributed by atoms with van der Waals surface area (Å²) in [5, 5.41) is 12.1. The van der Waals surface area contributed by atoms with Crippen molar-refractivity contribution in [3.8, 4) is 5.75 Å². The number of nitrogens with zero attached hydrogens (tertiary/aromatic N) is 1. The number of hydrogen-bond acceptors (Lipinski definition) is 4. The van der Waals surface area contributed by atoms with Crippen LogP contribution in [0, 0.1) is 0 Å². The van der Waals surface area contributed by atoms with Crippen LogP contribution >= 0.6 is 15.9 Å². The summed E-state index contributed by atoms with van der Waals surface area (Å²) in [7, 11) is 1.28. The van der Waals surface area contributed by atoms with Crippen molar-refractivity contribution in [3.63, 3.8) is 0 Å².